The predicted octanol–water partition coefficient (Wildman–Crippen LogP) is 4.27. The smallest absolute Gasteiger partial charge is 0.159 e. The van der Waals surface area contributed by atoms with E-state index in [9.17, 15) is 4.79 Å². The first-order valence-corrected chi connectivity index (χ1v) is 7.47. The van der Waals surface area contributed by atoms with Gasteiger partial charge < -0.3 is 4.74 Å². The molecule has 0 radical (unpaired) electrons. The number of rotatable bonds is 3. The fourth-order valence-corrected chi connectivity index (χ4v) is 3.99. The van der Waals surface area contributed by atoms with Gasteiger partial charge in [0.15, 0.2) is 5.78 Å². The van der Waals surface area contributed by atoms with Gasteiger partial charge in [0, 0.05) is 18.9 Å². The number of hydrogen-bond acceptors (Lipinski definition) is 2. The maximum absolute atomic E-state index is 11.9. The van der Waals surface area contributed by atoms with Gasteiger partial charge >= 0.3 is 0 Å². The first kappa shape index (κ1) is 14.4. The molecule has 2 aliphatic carbocycles. The highest BCUT2D eigenvalue weighted by molar-refractivity contribution is 5.91. The summed E-state index contributed by atoms with van der Waals surface area (Å²) in [7, 11) is 0. The van der Waals surface area contributed by atoms with Crippen LogP contribution in [0, 0.1) is 17.3 Å². The standard InChI is InChI=1S/C17H26O2/c1-5-19-15-10-13(9-14(18)11-15)16-12(2)7-6-8-17(16,3)4/h7,11,13,16H,5-6,8-10H2,1-4H3. The third-order valence-electron chi connectivity index (χ3n) is 4.64. The fraction of sp³-hybridized carbons (Fsp3) is 0.706. The molecule has 106 valence electrons. The molecule has 0 bridgehead atoms. The SMILES string of the molecule is CCOC1=CC(=O)CC(C2C(C)=CCCC2(C)C)C1. The molecular formula is C17H26O2. The summed E-state index contributed by atoms with van der Waals surface area (Å²) in [5, 5.41) is 0. The molecule has 0 amide bonds. The Morgan fingerprint density at radius 1 is 1.37 bits per heavy atom. The second-order valence-corrected chi connectivity index (χ2v) is 6.63. The van der Waals surface area contributed by atoms with Crippen molar-refractivity contribution in [2.45, 2.75) is 53.4 Å². The van der Waals surface area contributed by atoms with Crippen molar-refractivity contribution >= 4 is 5.78 Å². The van der Waals surface area contributed by atoms with Gasteiger partial charge in [0.2, 0.25) is 0 Å². The molecule has 0 saturated carbocycles. The Morgan fingerprint density at radius 2 is 2.11 bits per heavy atom. The van der Waals surface area contributed by atoms with Crippen LogP contribution in [0.1, 0.15) is 53.4 Å². The Kier molecular flexibility index (Phi) is 4.17. The van der Waals surface area contributed by atoms with Crippen molar-refractivity contribution in [3.8, 4) is 0 Å². The van der Waals surface area contributed by atoms with E-state index >= 15 is 0 Å². The van der Waals surface area contributed by atoms with Crippen LogP contribution < -0.4 is 0 Å². The summed E-state index contributed by atoms with van der Waals surface area (Å²) in [6, 6.07) is 0. The lowest BCUT2D eigenvalue weighted by molar-refractivity contribution is -0.117. The van der Waals surface area contributed by atoms with E-state index in [2.05, 4.69) is 26.8 Å². The molecule has 2 aliphatic rings. The summed E-state index contributed by atoms with van der Waals surface area (Å²) >= 11 is 0. The Balaban J connectivity index is 2.21. The maximum Gasteiger partial charge on any atom is 0.159 e. The van der Waals surface area contributed by atoms with Crippen LogP contribution in [0.2, 0.25) is 0 Å². The normalized spacial score (nSPS) is 30.6. The Labute approximate surface area is 116 Å². The van der Waals surface area contributed by atoms with Gasteiger partial charge in [-0.2, -0.15) is 0 Å². The van der Waals surface area contributed by atoms with Gasteiger partial charge in [-0.3, -0.25) is 4.79 Å². The van der Waals surface area contributed by atoms with E-state index < -0.39 is 0 Å². The molecule has 2 heteroatoms. The van der Waals surface area contributed by atoms with Crippen molar-refractivity contribution in [2.24, 2.45) is 17.3 Å². The van der Waals surface area contributed by atoms with Crippen LogP contribution in [-0.2, 0) is 9.53 Å². The lowest BCUT2D eigenvalue weighted by Gasteiger charge is -2.44. The highest BCUT2D eigenvalue weighted by Crippen LogP contribution is 2.48. The summed E-state index contributed by atoms with van der Waals surface area (Å²) in [4.78, 5) is 11.9. The van der Waals surface area contributed by atoms with Crippen LogP contribution in [0.4, 0.5) is 0 Å². The minimum Gasteiger partial charge on any atom is -0.498 e. The van der Waals surface area contributed by atoms with Gasteiger partial charge in [0.1, 0.15) is 0 Å². The monoisotopic (exact) mass is 262 g/mol. The Hall–Kier alpha value is -1.05. The van der Waals surface area contributed by atoms with E-state index in [1.165, 1.54) is 18.4 Å². The summed E-state index contributed by atoms with van der Waals surface area (Å²) in [6.45, 7) is 9.54. The number of carbonyl (C=O) groups excluding carboxylic acids is 1. The molecule has 0 spiro atoms. The van der Waals surface area contributed by atoms with Crippen molar-refractivity contribution < 1.29 is 9.53 Å². The van der Waals surface area contributed by atoms with Crippen LogP contribution >= 0.6 is 0 Å². The van der Waals surface area contributed by atoms with Gasteiger partial charge in [-0.1, -0.05) is 25.5 Å². The third-order valence-corrected chi connectivity index (χ3v) is 4.64. The van der Waals surface area contributed by atoms with Gasteiger partial charge in [-0.25, -0.2) is 0 Å². The van der Waals surface area contributed by atoms with E-state index in [0.717, 1.165) is 12.2 Å². The lowest BCUT2D eigenvalue weighted by Crippen LogP contribution is -2.36. The minimum atomic E-state index is 0.230. The first-order chi connectivity index (χ1) is 8.94. The fourth-order valence-electron chi connectivity index (χ4n) is 3.99. The van der Waals surface area contributed by atoms with Gasteiger partial charge in [0.25, 0.3) is 0 Å². The molecule has 2 nitrogen and oxygen atoms in total. The van der Waals surface area contributed by atoms with Crippen molar-refractivity contribution in [1.82, 2.24) is 0 Å². The minimum absolute atomic E-state index is 0.230. The summed E-state index contributed by atoms with van der Waals surface area (Å²) in [5.41, 5.74) is 1.75. The molecule has 0 aromatic rings. The quantitative estimate of drug-likeness (QED) is 0.710. The zero-order chi connectivity index (χ0) is 14.0. The molecule has 2 rings (SSSR count). The van der Waals surface area contributed by atoms with Crippen LogP contribution in [0.25, 0.3) is 0 Å². The molecule has 2 atom stereocenters. The molecular weight excluding hydrogens is 236 g/mol. The van der Waals surface area contributed by atoms with Gasteiger partial charge in [-0.15, -0.1) is 0 Å². The van der Waals surface area contributed by atoms with E-state index in [1.54, 1.807) is 6.08 Å². The zero-order valence-electron chi connectivity index (χ0n) is 12.7. The Bertz CT molecular complexity index is 415. The van der Waals surface area contributed by atoms with E-state index in [-0.39, 0.29) is 5.78 Å². The highest BCUT2D eigenvalue weighted by Gasteiger charge is 2.40. The summed E-state index contributed by atoms with van der Waals surface area (Å²) in [6.07, 6.45) is 8.04. The van der Waals surface area contributed by atoms with Crippen LogP contribution in [0.5, 0.6) is 0 Å². The molecule has 0 N–H and O–H groups in total. The first-order valence-electron chi connectivity index (χ1n) is 7.47. The van der Waals surface area contributed by atoms with Crippen molar-refractivity contribution in [3.63, 3.8) is 0 Å². The third kappa shape index (κ3) is 3.10. The predicted molar refractivity (Wildman–Crippen MR) is 77.7 cm³/mol. The lowest BCUT2D eigenvalue weighted by atomic mass is 9.61. The maximum atomic E-state index is 11.9. The second-order valence-electron chi connectivity index (χ2n) is 6.63. The molecule has 0 aromatic carbocycles. The molecule has 0 fully saturated rings. The van der Waals surface area contributed by atoms with Crippen LogP contribution in [-0.4, -0.2) is 12.4 Å². The topological polar surface area (TPSA) is 26.3 Å². The van der Waals surface area contributed by atoms with Crippen molar-refractivity contribution in [3.05, 3.63) is 23.5 Å². The summed E-state index contributed by atoms with van der Waals surface area (Å²) in [5.74, 6) is 2.03. The second kappa shape index (κ2) is 5.52. The van der Waals surface area contributed by atoms with E-state index in [1.807, 2.05) is 6.92 Å². The number of hydrogen-bond donors (Lipinski definition) is 0. The van der Waals surface area contributed by atoms with Crippen molar-refractivity contribution in [2.75, 3.05) is 6.61 Å². The largest absolute Gasteiger partial charge is 0.498 e. The molecule has 19 heavy (non-hydrogen) atoms. The van der Waals surface area contributed by atoms with Gasteiger partial charge in [0.05, 0.1) is 12.4 Å². The number of allylic oxidation sites excluding steroid dienone is 4. The molecule has 2 unspecified atom stereocenters. The number of carbonyl (C=O) groups is 1. The molecule has 0 heterocycles. The molecule has 0 aromatic heterocycles. The molecule has 0 aliphatic heterocycles. The average Bonchev–Trinajstić information content (AvgIpc) is 2.27. The Morgan fingerprint density at radius 3 is 2.74 bits per heavy atom. The highest BCUT2D eigenvalue weighted by atomic mass is 16.5. The van der Waals surface area contributed by atoms with Crippen molar-refractivity contribution in [1.29, 1.82) is 0 Å². The number of ether oxygens (including phenoxy) is 1. The zero-order valence-corrected chi connectivity index (χ0v) is 12.7. The van der Waals surface area contributed by atoms with E-state index in [0.29, 0.717) is 30.3 Å². The summed E-state index contributed by atoms with van der Waals surface area (Å²) < 4.78 is 5.60. The van der Waals surface area contributed by atoms with Crippen LogP contribution in [0.3, 0.4) is 0 Å². The van der Waals surface area contributed by atoms with Gasteiger partial charge in [-0.05, 0) is 43.9 Å². The number of ketones is 1. The molecule has 0 saturated heterocycles. The van der Waals surface area contributed by atoms with E-state index in [4.69, 9.17) is 4.74 Å². The van der Waals surface area contributed by atoms with Crippen LogP contribution in [0.15, 0.2) is 23.5 Å². The average molecular weight is 262 g/mol.